The number of anilines is 2. The minimum absolute atomic E-state index is 0.0308. The van der Waals surface area contributed by atoms with Gasteiger partial charge in [-0.3, -0.25) is 0 Å². The predicted molar refractivity (Wildman–Crippen MR) is 106 cm³/mol. The molecule has 1 aliphatic heterocycles. The van der Waals surface area contributed by atoms with Crippen molar-refractivity contribution in [1.82, 2.24) is 4.90 Å². The average Bonchev–Trinajstić information content (AvgIpc) is 2.80. The molecule has 0 spiro atoms. The second kappa shape index (κ2) is 6.87. The first kappa shape index (κ1) is 17.5. The Hall–Kier alpha value is -2.36. The molecule has 5 heteroatoms. The van der Waals surface area contributed by atoms with Crippen molar-refractivity contribution in [2.45, 2.75) is 6.92 Å². The fourth-order valence-corrected chi connectivity index (χ4v) is 3.31. The van der Waals surface area contributed by atoms with Crippen LogP contribution in [0.1, 0.15) is 11.1 Å². The summed E-state index contributed by atoms with van der Waals surface area (Å²) >= 11 is 3.02. The number of likely N-dealkylation sites (N-methyl/N-ethyl adjacent to an activating group) is 1. The third-order valence-electron chi connectivity index (χ3n) is 4.27. The molecule has 0 unspecified atom stereocenters. The molecule has 0 N–H and O–H groups in total. The van der Waals surface area contributed by atoms with Crippen LogP contribution in [-0.4, -0.2) is 52.2 Å². The fourth-order valence-electron chi connectivity index (χ4n) is 2.70. The van der Waals surface area contributed by atoms with Crippen molar-refractivity contribution < 1.29 is 4.79 Å². The molecule has 128 valence electrons. The molecule has 3 rings (SSSR count). The monoisotopic (exact) mass is 399 g/mol. The van der Waals surface area contributed by atoms with E-state index in [1.165, 1.54) is 5.56 Å². The van der Waals surface area contributed by atoms with Crippen molar-refractivity contribution in [1.29, 1.82) is 0 Å². The summed E-state index contributed by atoms with van der Waals surface area (Å²) in [5.41, 5.74) is 4.81. The van der Waals surface area contributed by atoms with E-state index in [0.29, 0.717) is 5.70 Å². The van der Waals surface area contributed by atoms with Gasteiger partial charge in [-0.25, -0.2) is 0 Å². The van der Waals surface area contributed by atoms with Gasteiger partial charge in [-0.2, -0.15) is 0 Å². The maximum atomic E-state index is 13.0. The Bertz CT molecular complexity index is 838. The molecule has 25 heavy (non-hydrogen) atoms. The molecule has 2 aromatic carbocycles. The summed E-state index contributed by atoms with van der Waals surface area (Å²) in [7, 11) is 5.92. The molecule has 2 aromatic rings. The van der Waals surface area contributed by atoms with Crippen LogP contribution < -0.4 is 9.80 Å². The van der Waals surface area contributed by atoms with Gasteiger partial charge in [-0.1, -0.05) is 0 Å². The van der Waals surface area contributed by atoms with Crippen LogP contribution in [0.4, 0.5) is 11.4 Å². The van der Waals surface area contributed by atoms with Crippen LogP contribution in [0.3, 0.4) is 0 Å². The SMILES string of the molecule is Cc1ccc(N2C(=O)/C(=C\c3ccc(N(C)C)cc3)N(C)C2=[Se])cc1. The van der Waals surface area contributed by atoms with Crippen LogP contribution in [0.25, 0.3) is 6.08 Å². The van der Waals surface area contributed by atoms with Crippen molar-refractivity contribution in [2.75, 3.05) is 30.9 Å². The van der Waals surface area contributed by atoms with Gasteiger partial charge in [0.25, 0.3) is 0 Å². The zero-order valence-electron chi connectivity index (χ0n) is 14.9. The number of hydrogen-bond acceptors (Lipinski definition) is 3. The van der Waals surface area contributed by atoms with Crippen LogP contribution >= 0.6 is 0 Å². The summed E-state index contributed by atoms with van der Waals surface area (Å²) in [6, 6.07) is 16.1. The van der Waals surface area contributed by atoms with Crippen molar-refractivity contribution in [2.24, 2.45) is 0 Å². The molecule has 0 radical (unpaired) electrons. The Labute approximate surface area is 156 Å². The van der Waals surface area contributed by atoms with E-state index in [4.69, 9.17) is 0 Å². The van der Waals surface area contributed by atoms with Crippen LogP contribution in [0.2, 0.25) is 0 Å². The van der Waals surface area contributed by atoms with Gasteiger partial charge in [-0.05, 0) is 0 Å². The normalized spacial score (nSPS) is 16.1. The maximum absolute atomic E-state index is 13.0. The summed E-state index contributed by atoms with van der Waals surface area (Å²) in [5.74, 6) is -0.0308. The van der Waals surface area contributed by atoms with Crippen molar-refractivity contribution in [3.63, 3.8) is 0 Å². The quantitative estimate of drug-likeness (QED) is 0.588. The molecule has 0 aromatic heterocycles. The molecule has 1 aliphatic rings. The van der Waals surface area contributed by atoms with E-state index in [0.717, 1.165) is 21.6 Å². The zero-order chi connectivity index (χ0) is 18.1. The topological polar surface area (TPSA) is 26.8 Å². The Kier molecular flexibility index (Phi) is 4.80. The average molecular weight is 398 g/mol. The summed E-state index contributed by atoms with van der Waals surface area (Å²) < 4.78 is 0.782. The molecule has 0 saturated carbocycles. The van der Waals surface area contributed by atoms with Gasteiger partial charge in [0.05, 0.1) is 0 Å². The Morgan fingerprint density at radius 1 is 1.00 bits per heavy atom. The van der Waals surface area contributed by atoms with Crippen LogP contribution in [-0.2, 0) is 4.79 Å². The van der Waals surface area contributed by atoms with Gasteiger partial charge < -0.3 is 0 Å². The zero-order valence-corrected chi connectivity index (χ0v) is 16.6. The van der Waals surface area contributed by atoms with E-state index < -0.39 is 0 Å². The number of carbonyl (C=O) groups excluding carboxylic acids is 1. The molecule has 0 bridgehead atoms. The van der Waals surface area contributed by atoms with Crippen molar-refractivity contribution in [3.8, 4) is 0 Å². The number of rotatable bonds is 3. The molecule has 1 amide bonds. The first-order valence-corrected chi connectivity index (χ1v) is 8.92. The van der Waals surface area contributed by atoms with Crippen molar-refractivity contribution >= 4 is 43.6 Å². The van der Waals surface area contributed by atoms with Crippen LogP contribution in [0, 0.1) is 6.92 Å². The molecule has 0 atom stereocenters. The molecule has 1 saturated heterocycles. The molecular formula is C20H21N3OSe. The van der Waals surface area contributed by atoms with E-state index >= 15 is 0 Å². The first-order chi connectivity index (χ1) is 11.9. The second-order valence-electron chi connectivity index (χ2n) is 6.33. The van der Waals surface area contributed by atoms with E-state index in [1.807, 2.05) is 87.6 Å². The van der Waals surface area contributed by atoms with Crippen LogP contribution in [0.15, 0.2) is 54.2 Å². The number of amides is 1. The molecule has 0 aliphatic carbocycles. The Balaban J connectivity index is 1.93. The third-order valence-corrected chi connectivity index (χ3v) is 5.22. The third kappa shape index (κ3) is 3.39. The molecule has 1 heterocycles. The second-order valence-corrected chi connectivity index (χ2v) is 7.10. The molecular weight excluding hydrogens is 377 g/mol. The molecule has 1 fully saturated rings. The molecule has 4 nitrogen and oxygen atoms in total. The minimum atomic E-state index is -0.0308. The number of benzene rings is 2. The van der Waals surface area contributed by atoms with Crippen molar-refractivity contribution in [3.05, 3.63) is 65.4 Å². The van der Waals surface area contributed by atoms with E-state index in [2.05, 4.69) is 20.5 Å². The van der Waals surface area contributed by atoms with Gasteiger partial charge in [0, 0.05) is 0 Å². The number of aryl methyl sites for hydroxylation is 1. The number of carbonyl (C=O) groups is 1. The Morgan fingerprint density at radius 3 is 2.16 bits per heavy atom. The number of nitrogens with zero attached hydrogens (tertiary/aromatic N) is 3. The van der Waals surface area contributed by atoms with Gasteiger partial charge in [0.15, 0.2) is 0 Å². The van der Waals surface area contributed by atoms with E-state index in [1.54, 1.807) is 4.90 Å². The summed E-state index contributed by atoms with van der Waals surface area (Å²) in [4.78, 5) is 18.6. The van der Waals surface area contributed by atoms with Gasteiger partial charge in [-0.15, -0.1) is 0 Å². The van der Waals surface area contributed by atoms with Gasteiger partial charge in [0.2, 0.25) is 0 Å². The first-order valence-electron chi connectivity index (χ1n) is 8.06. The van der Waals surface area contributed by atoms with E-state index in [-0.39, 0.29) is 5.91 Å². The predicted octanol–water partition coefficient (Wildman–Crippen LogP) is 2.64. The summed E-state index contributed by atoms with van der Waals surface area (Å²) in [6.45, 7) is 2.03. The standard InChI is InChI=1S/C20H21N3OSe/c1-14-5-9-17(10-6-14)23-19(24)18(22(4)20(23)25)13-15-7-11-16(12-8-15)21(2)3/h5-13H,1-4H3/b18-13+. The number of hydrogen-bond donors (Lipinski definition) is 0. The summed E-state index contributed by atoms with van der Waals surface area (Å²) in [6.07, 6.45) is 1.92. The van der Waals surface area contributed by atoms with Crippen LogP contribution in [0.5, 0.6) is 0 Å². The van der Waals surface area contributed by atoms with E-state index in [9.17, 15) is 4.79 Å². The Morgan fingerprint density at radius 2 is 1.60 bits per heavy atom. The fraction of sp³-hybridized carbons (Fsp3) is 0.200. The van der Waals surface area contributed by atoms with Gasteiger partial charge in [0.1, 0.15) is 0 Å². The summed E-state index contributed by atoms with van der Waals surface area (Å²) in [5, 5.41) is 0. The van der Waals surface area contributed by atoms with Gasteiger partial charge >= 0.3 is 157 Å².